The average Bonchev–Trinajstić information content (AvgIpc) is 2.20. The second-order valence-electron chi connectivity index (χ2n) is 3.89. The summed E-state index contributed by atoms with van der Waals surface area (Å²) in [6.07, 6.45) is 4.58. The summed E-state index contributed by atoms with van der Waals surface area (Å²) in [4.78, 5) is 0. The summed E-state index contributed by atoms with van der Waals surface area (Å²) in [5.41, 5.74) is 0.234. The van der Waals surface area contributed by atoms with Crippen LogP contribution in [0.1, 0.15) is 25.7 Å². The van der Waals surface area contributed by atoms with E-state index in [9.17, 15) is 0 Å². The van der Waals surface area contributed by atoms with Gasteiger partial charge in [0, 0.05) is 31.6 Å². The van der Waals surface area contributed by atoms with Crippen molar-refractivity contribution < 1.29 is 9.47 Å². The van der Waals surface area contributed by atoms with E-state index in [2.05, 4.69) is 0 Å². The SMILES string of the molecule is COCCCC1(CCl)CCCOC1. The molecule has 1 aliphatic rings. The average molecular weight is 207 g/mol. The van der Waals surface area contributed by atoms with E-state index in [4.69, 9.17) is 21.1 Å². The molecule has 0 aromatic heterocycles. The van der Waals surface area contributed by atoms with E-state index >= 15 is 0 Å². The van der Waals surface area contributed by atoms with Crippen LogP contribution in [0, 0.1) is 5.41 Å². The number of hydrogen-bond acceptors (Lipinski definition) is 2. The van der Waals surface area contributed by atoms with E-state index in [0.29, 0.717) is 0 Å². The van der Waals surface area contributed by atoms with Crippen molar-refractivity contribution in [3.05, 3.63) is 0 Å². The van der Waals surface area contributed by atoms with Gasteiger partial charge in [-0.25, -0.2) is 0 Å². The van der Waals surface area contributed by atoms with Crippen molar-refractivity contribution in [2.24, 2.45) is 5.41 Å². The standard InChI is InChI=1S/C10H19ClO2/c1-12-6-2-4-10(8-11)5-3-7-13-9-10/h2-9H2,1H3. The van der Waals surface area contributed by atoms with Crippen molar-refractivity contribution in [3.63, 3.8) is 0 Å². The first-order valence-electron chi connectivity index (χ1n) is 4.96. The van der Waals surface area contributed by atoms with Crippen molar-refractivity contribution in [2.75, 3.05) is 32.8 Å². The number of ether oxygens (including phenoxy) is 2. The van der Waals surface area contributed by atoms with Crippen molar-refractivity contribution in [2.45, 2.75) is 25.7 Å². The molecule has 1 unspecified atom stereocenters. The predicted molar refractivity (Wildman–Crippen MR) is 54.3 cm³/mol. The van der Waals surface area contributed by atoms with Crippen molar-refractivity contribution >= 4 is 11.6 Å². The third-order valence-electron chi connectivity index (χ3n) is 2.74. The Hall–Kier alpha value is 0.210. The number of rotatable bonds is 5. The van der Waals surface area contributed by atoms with Gasteiger partial charge in [0.2, 0.25) is 0 Å². The molecule has 13 heavy (non-hydrogen) atoms. The van der Waals surface area contributed by atoms with Gasteiger partial charge in [-0.2, -0.15) is 0 Å². The highest BCUT2D eigenvalue weighted by Crippen LogP contribution is 2.34. The number of halogens is 1. The molecule has 0 radical (unpaired) electrons. The van der Waals surface area contributed by atoms with Crippen LogP contribution in [0.25, 0.3) is 0 Å². The zero-order valence-corrected chi connectivity index (χ0v) is 9.11. The van der Waals surface area contributed by atoms with Gasteiger partial charge >= 0.3 is 0 Å². The van der Waals surface area contributed by atoms with Crippen LogP contribution in [0.3, 0.4) is 0 Å². The topological polar surface area (TPSA) is 18.5 Å². The molecule has 0 spiro atoms. The molecule has 78 valence electrons. The summed E-state index contributed by atoms with van der Waals surface area (Å²) >= 11 is 6.00. The number of methoxy groups -OCH3 is 1. The Morgan fingerprint density at radius 2 is 2.38 bits per heavy atom. The molecule has 0 aromatic rings. The summed E-state index contributed by atoms with van der Waals surface area (Å²) in [7, 11) is 1.74. The van der Waals surface area contributed by atoms with E-state index in [1.807, 2.05) is 0 Å². The lowest BCUT2D eigenvalue weighted by atomic mass is 9.80. The highest BCUT2D eigenvalue weighted by Gasteiger charge is 2.31. The fraction of sp³-hybridized carbons (Fsp3) is 1.00. The number of hydrogen-bond donors (Lipinski definition) is 0. The first kappa shape index (κ1) is 11.3. The minimum absolute atomic E-state index is 0.234. The van der Waals surface area contributed by atoms with E-state index in [1.54, 1.807) is 7.11 Å². The normalized spacial score (nSPS) is 29.1. The molecule has 1 rings (SSSR count). The Morgan fingerprint density at radius 1 is 1.54 bits per heavy atom. The van der Waals surface area contributed by atoms with Crippen LogP contribution in [0.15, 0.2) is 0 Å². The van der Waals surface area contributed by atoms with Crippen LogP contribution in [0.5, 0.6) is 0 Å². The molecule has 1 atom stereocenters. The summed E-state index contributed by atoms with van der Waals surface area (Å²) in [6.45, 7) is 2.57. The zero-order valence-electron chi connectivity index (χ0n) is 8.35. The first-order chi connectivity index (χ1) is 6.33. The molecule has 0 bridgehead atoms. The van der Waals surface area contributed by atoms with E-state index in [0.717, 1.165) is 45.0 Å². The maximum atomic E-state index is 6.00. The monoisotopic (exact) mass is 206 g/mol. The zero-order chi connectivity index (χ0) is 9.57. The lowest BCUT2D eigenvalue weighted by Crippen LogP contribution is -2.33. The Bertz CT molecular complexity index is 133. The highest BCUT2D eigenvalue weighted by molar-refractivity contribution is 6.18. The van der Waals surface area contributed by atoms with Crippen LogP contribution >= 0.6 is 11.6 Å². The van der Waals surface area contributed by atoms with Crippen LogP contribution in [0.2, 0.25) is 0 Å². The van der Waals surface area contributed by atoms with Gasteiger partial charge < -0.3 is 9.47 Å². The Labute approximate surface area is 85.5 Å². The first-order valence-corrected chi connectivity index (χ1v) is 5.49. The third-order valence-corrected chi connectivity index (χ3v) is 3.31. The predicted octanol–water partition coefficient (Wildman–Crippen LogP) is 2.45. The molecular weight excluding hydrogens is 188 g/mol. The maximum Gasteiger partial charge on any atom is 0.0533 e. The summed E-state index contributed by atoms with van der Waals surface area (Å²) in [6, 6.07) is 0. The number of alkyl halides is 1. The molecule has 0 aliphatic carbocycles. The van der Waals surface area contributed by atoms with E-state index in [1.165, 1.54) is 6.42 Å². The summed E-state index contributed by atoms with van der Waals surface area (Å²) in [5, 5.41) is 0. The quantitative estimate of drug-likeness (QED) is 0.508. The largest absolute Gasteiger partial charge is 0.385 e. The van der Waals surface area contributed by atoms with Gasteiger partial charge in [0.25, 0.3) is 0 Å². The molecule has 1 aliphatic heterocycles. The smallest absolute Gasteiger partial charge is 0.0533 e. The molecule has 3 heteroatoms. The molecule has 0 aromatic carbocycles. The summed E-state index contributed by atoms with van der Waals surface area (Å²) in [5.74, 6) is 0.719. The van der Waals surface area contributed by atoms with Gasteiger partial charge in [-0.05, 0) is 25.7 Å². The maximum absolute atomic E-state index is 6.00. The molecule has 1 fully saturated rings. The third kappa shape index (κ3) is 3.45. The minimum Gasteiger partial charge on any atom is -0.385 e. The molecule has 1 saturated heterocycles. The van der Waals surface area contributed by atoms with Crippen LogP contribution in [0.4, 0.5) is 0 Å². The van der Waals surface area contributed by atoms with Gasteiger partial charge in [0.1, 0.15) is 0 Å². The van der Waals surface area contributed by atoms with Crippen LogP contribution < -0.4 is 0 Å². The fourth-order valence-electron chi connectivity index (χ4n) is 1.87. The van der Waals surface area contributed by atoms with E-state index in [-0.39, 0.29) is 5.41 Å². The summed E-state index contributed by atoms with van der Waals surface area (Å²) < 4.78 is 10.5. The lowest BCUT2D eigenvalue weighted by molar-refractivity contribution is -0.00386. The van der Waals surface area contributed by atoms with Crippen LogP contribution in [-0.4, -0.2) is 32.8 Å². The Morgan fingerprint density at radius 3 is 2.92 bits per heavy atom. The van der Waals surface area contributed by atoms with Crippen molar-refractivity contribution in [1.82, 2.24) is 0 Å². The van der Waals surface area contributed by atoms with Gasteiger partial charge in [0.15, 0.2) is 0 Å². The van der Waals surface area contributed by atoms with Crippen molar-refractivity contribution in [3.8, 4) is 0 Å². The van der Waals surface area contributed by atoms with Crippen molar-refractivity contribution in [1.29, 1.82) is 0 Å². The van der Waals surface area contributed by atoms with Gasteiger partial charge in [-0.3, -0.25) is 0 Å². The highest BCUT2D eigenvalue weighted by atomic mass is 35.5. The van der Waals surface area contributed by atoms with Gasteiger partial charge in [0.05, 0.1) is 6.61 Å². The Balaban J connectivity index is 2.29. The van der Waals surface area contributed by atoms with Gasteiger partial charge in [-0.1, -0.05) is 0 Å². The lowest BCUT2D eigenvalue weighted by Gasteiger charge is -2.35. The molecule has 2 nitrogen and oxygen atoms in total. The molecule has 0 amide bonds. The van der Waals surface area contributed by atoms with Gasteiger partial charge in [-0.15, -0.1) is 11.6 Å². The van der Waals surface area contributed by atoms with Crippen LogP contribution in [-0.2, 0) is 9.47 Å². The molecule has 1 heterocycles. The minimum atomic E-state index is 0.234. The molecule has 0 saturated carbocycles. The second kappa shape index (κ2) is 5.84. The fourth-order valence-corrected chi connectivity index (χ4v) is 2.22. The Kier molecular flexibility index (Phi) is 5.07. The molecule has 0 N–H and O–H groups in total. The molecular formula is C10H19ClO2. The van der Waals surface area contributed by atoms with E-state index < -0.39 is 0 Å². The second-order valence-corrected chi connectivity index (χ2v) is 4.15.